The third-order valence-corrected chi connectivity index (χ3v) is 2.04. The first kappa shape index (κ1) is 9.93. The fourth-order valence-corrected chi connectivity index (χ4v) is 1.29. The number of hydrogen-bond acceptors (Lipinski definition) is 1. The third-order valence-electron chi connectivity index (χ3n) is 1.74. The first-order valence-electron chi connectivity index (χ1n) is 4.21. The van der Waals surface area contributed by atoms with Gasteiger partial charge in [0, 0.05) is 13.1 Å². The normalized spacial score (nSPS) is 9.23. The van der Waals surface area contributed by atoms with Crippen LogP contribution in [-0.2, 0) is 6.54 Å². The lowest BCUT2D eigenvalue weighted by molar-refractivity contribution is 0.478. The number of benzene rings is 1. The number of thiocarbonyl (C=S) groups is 1. The SMILES string of the molecule is C=CCN(C=S)Cc1ccccc1. The lowest BCUT2D eigenvalue weighted by Gasteiger charge is -2.16. The largest absolute Gasteiger partial charge is 0.361 e. The van der Waals surface area contributed by atoms with Gasteiger partial charge in [0.25, 0.3) is 0 Å². The highest BCUT2D eigenvalue weighted by Crippen LogP contribution is 2.02. The van der Waals surface area contributed by atoms with Crippen LogP contribution in [0.4, 0.5) is 0 Å². The number of hydrogen-bond donors (Lipinski definition) is 0. The average Bonchev–Trinajstić information content (AvgIpc) is 2.19. The van der Waals surface area contributed by atoms with Crippen LogP contribution in [-0.4, -0.2) is 16.9 Å². The predicted molar refractivity (Wildman–Crippen MR) is 60.7 cm³/mol. The van der Waals surface area contributed by atoms with Crippen molar-refractivity contribution in [3.05, 3.63) is 48.6 Å². The Hall–Kier alpha value is -1.15. The van der Waals surface area contributed by atoms with Crippen LogP contribution in [0.25, 0.3) is 0 Å². The van der Waals surface area contributed by atoms with Crippen LogP contribution in [0.3, 0.4) is 0 Å². The summed E-state index contributed by atoms with van der Waals surface area (Å²) in [6, 6.07) is 10.3. The Morgan fingerprint density at radius 2 is 2.00 bits per heavy atom. The van der Waals surface area contributed by atoms with Gasteiger partial charge >= 0.3 is 0 Å². The fourth-order valence-electron chi connectivity index (χ4n) is 1.13. The smallest absolute Gasteiger partial charge is 0.0646 e. The van der Waals surface area contributed by atoms with Crippen LogP contribution in [0.15, 0.2) is 43.0 Å². The Balaban J connectivity index is 2.56. The highest BCUT2D eigenvalue weighted by Gasteiger charge is 1.97. The molecule has 0 aliphatic rings. The van der Waals surface area contributed by atoms with E-state index in [0.29, 0.717) is 0 Å². The summed E-state index contributed by atoms with van der Waals surface area (Å²) in [5.74, 6) is 0. The molecule has 0 unspecified atom stereocenters. The molecule has 0 aliphatic carbocycles. The summed E-state index contributed by atoms with van der Waals surface area (Å²) in [4.78, 5) is 2.04. The molecule has 0 saturated carbocycles. The molecule has 0 amide bonds. The van der Waals surface area contributed by atoms with Crippen molar-refractivity contribution in [3.63, 3.8) is 0 Å². The molecule has 0 aromatic heterocycles. The molecule has 1 nitrogen and oxygen atoms in total. The molecule has 1 aromatic rings. The van der Waals surface area contributed by atoms with E-state index < -0.39 is 0 Å². The van der Waals surface area contributed by atoms with Crippen LogP contribution in [0, 0.1) is 0 Å². The van der Waals surface area contributed by atoms with Crippen LogP contribution in [0.1, 0.15) is 5.56 Å². The van der Waals surface area contributed by atoms with E-state index in [1.165, 1.54) is 5.56 Å². The van der Waals surface area contributed by atoms with Crippen molar-refractivity contribution >= 4 is 17.7 Å². The van der Waals surface area contributed by atoms with Gasteiger partial charge in [-0.3, -0.25) is 0 Å². The molecule has 13 heavy (non-hydrogen) atoms. The Bertz CT molecular complexity index is 269. The minimum absolute atomic E-state index is 0.804. The summed E-state index contributed by atoms with van der Waals surface area (Å²) in [7, 11) is 0. The predicted octanol–water partition coefficient (Wildman–Crippen LogP) is 2.63. The number of rotatable bonds is 5. The minimum Gasteiger partial charge on any atom is -0.361 e. The highest BCUT2D eigenvalue weighted by molar-refractivity contribution is 7.78. The maximum Gasteiger partial charge on any atom is 0.0646 e. The molecule has 0 heterocycles. The van der Waals surface area contributed by atoms with Crippen LogP contribution in [0.2, 0.25) is 0 Å². The zero-order valence-electron chi connectivity index (χ0n) is 7.52. The van der Waals surface area contributed by atoms with Crippen molar-refractivity contribution in [1.82, 2.24) is 4.90 Å². The zero-order valence-corrected chi connectivity index (χ0v) is 8.33. The second-order valence-corrected chi connectivity index (χ2v) is 3.02. The van der Waals surface area contributed by atoms with E-state index in [0.717, 1.165) is 13.1 Å². The summed E-state index contributed by atoms with van der Waals surface area (Å²) in [6.07, 6.45) is 1.85. The van der Waals surface area contributed by atoms with Crippen LogP contribution < -0.4 is 0 Å². The Labute approximate surface area is 84.7 Å². The van der Waals surface area contributed by atoms with Gasteiger partial charge in [0.1, 0.15) is 0 Å². The van der Waals surface area contributed by atoms with Crippen molar-refractivity contribution in [2.45, 2.75) is 6.54 Å². The van der Waals surface area contributed by atoms with E-state index in [2.05, 4.69) is 18.7 Å². The average molecular weight is 191 g/mol. The summed E-state index contributed by atoms with van der Waals surface area (Å²) < 4.78 is 0. The Kier molecular flexibility index (Phi) is 4.19. The summed E-state index contributed by atoms with van der Waals surface area (Å²) in [5, 5.41) is 0. The van der Waals surface area contributed by atoms with Gasteiger partial charge in [-0.2, -0.15) is 0 Å². The molecular formula is C11H13NS. The van der Waals surface area contributed by atoms with Gasteiger partial charge < -0.3 is 4.90 Å². The molecule has 0 aliphatic heterocycles. The van der Waals surface area contributed by atoms with E-state index in [4.69, 9.17) is 12.2 Å². The Morgan fingerprint density at radius 3 is 2.54 bits per heavy atom. The van der Waals surface area contributed by atoms with Crippen LogP contribution >= 0.6 is 12.2 Å². The molecule has 0 spiro atoms. The Morgan fingerprint density at radius 1 is 1.31 bits per heavy atom. The van der Waals surface area contributed by atoms with Crippen molar-refractivity contribution < 1.29 is 0 Å². The van der Waals surface area contributed by atoms with E-state index in [1.54, 1.807) is 5.49 Å². The highest BCUT2D eigenvalue weighted by atomic mass is 32.1. The molecule has 0 N–H and O–H groups in total. The maximum absolute atomic E-state index is 4.89. The van der Waals surface area contributed by atoms with E-state index in [9.17, 15) is 0 Å². The summed E-state index contributed by atoms with van der Waals surface area (Å²) in [5.41, 5.74) is 2.94. The van der Waals surface area contributed by atoms with Gasteiger partial charge in [-0.15, -0.1) is 6.58 Å². The van der Waals surface area contributed by atoms with Gasteiger partial charge in [-0.25, -0.2) is 0 Å². The first-order valence-corrected chi connectivity index (χ1v) is 4.68. The fraction of sp³-hybridized carbons (Fsp3) is 0.182. The van der Waals surface area contributed by atoms with Crippen LogP contribution in [0.5, 0.6) is 0 Å². The molecule has 0 saturated heterocycles. The quantitative estimate of drug-likeness (QED) is 0.520. The monoisotopic (exact) mass is 191 g/mol. The topological polar surface area (TPSA) is 3.24 Å². The second kappa shape index (κ2) is 5.49. The summed E-state index contributed by atoms with van der Waals surface area (Å²) in [6.45, 7) is 5.34. The maximum atomic E-state index is 4.89. The minimum atomic E-state index is 0.804. The van der Waals surface area contributed by atoms with Gasteiger partial charge in [-0.05, 0) is 5.56 Å². The van der Waals surface area contributed by atoms with Crippen molar-refractivity contribution in [3.8, 4) is 0 Å². The van der Waals surface area contributed by atoms with Gasteiger partial charge in [-0.1, -0.05) is 48.6 Å². The molecule has 1 rings (SSSR count). The molecule has 2 heteroatoms. The van der Waals surface area contributed by atoms with E-state index >= 15 is 0 Å². The lowest BCUT2D eigenvalue weighted by atomic mass is 10.2. The molecule has 0 atom stereocenters. The van der Waals surface area contributed by atoms with E-state index in [-0.39, 0.29) is 0 Å². The molecular weight excluding hydrogens is 178 g/mol. The van der Waals surface area contributed by atoms with Gasteiger partial charge in [0.05, 0.1) is 5.49 Å². The zero-order chi connectivity index (χ0) is 9.52. The second-order valence-electron chi connectivity index (χ2n) is 2.81. The lowest BCUT2D eigenvalue weighted by Crippen LogP contribution is -2.20. The van der Waals surface area contributed by atoms with Crippen molar-refractivity contribution in [2.24, 2.45) is 0 Å². The molecule has 1 aromatic carbocycles. The van der Waals surface area contributed by atoms with Gasteiger partial charge in [0.15, 0.2) is 0 Å². The summed E-state index contributed by atoms with van der Waals surface area (Å²) >= 11 is 4.89. The molecule has 0 radical (unpaired) electrons. The molecule has 0 fully saturated rings. The molecule has 68 valence electrons. The van der Waals surface area contributed by atoms with Crippen molar-refractivity contribution in [1.29, 1.82) is 0 Å². The first-order chi connectivity index (χ1) is 6.36. The molecule has 0 bridgehead atoms. The third kappa shape index (κ3) is 3.38. The number of nitrogens with zero attached hydrogens (tertiary/aromatic N) is 1. The van der Waals surface area contributed by atoms with E-state index in [1.807, 2.05) is 29.2 Å². The standard InChI is InChI=1S/C11H13NS/c1-2-8-12(10-13)9-11-6-4-3-5-7-11/h2-7,10H,1,8-9H2. The van der Waals surface area contributed by atoms with Crippen molar-refractivity contribution in [2.75, 3.05) is 6.54 Å². The van der Waals surface area contributed by atoms with Gasteiger partial charge in [0.2, 0.25) is 0 Å².